The van der Waals surface area contributed by atoms with E-state index in [4.69, 9.17) is 10.1 Å². The van der Waals surface area contributed by atoms with Gasteiger partial charge in [-0.15, -0.1) is 0 Å². The summed E-state index contributed by atoms with van der Waals surface area (Å²) < 4.78 is 4.93. The molecule has 0 aliphatic heterocycles. The van der Waals surface area contributed by atoms with Crippen LogP contribution in [0.5, 0.6) is 0 Å². The number of methoxy groups -OCH3 is 1. The first-order valence-electron chi connectivity index (χ1n) is 14.7. The average molecular weight is 528 g/mol. The Morgan fingerprint density at radius 3 is 2.08 bits per heavy atom. The van der Waals surface area contributed by atoms with Gasteiger partial charge in [-0.05, 0) is 42.2 Å². The van der Waals surface area contributed by atoms with Gasteiger partial charge in [-0.2, -0.15) is 0 Å². The van der Waals surface area contributed by atoms with Gasteiger partial charge in [0, 0.05) is 26.7 Å². The number of benzene rings is 1. The van der Waals surface area contributed by atoms with Gasteiger partial charge in [0.05, 0.1) is 12.1 Å². The topological polar surface area (TPSA) is 115 Å². The molecule has 0 spiro atoms. The van der Waals surface area contributed by atoms with Crippen molar-refractivity contribution < 1.29 is 14.3 Å². The van der Waals surface area contributed by atoms with Crippen molar-refractivity contribution in [3.8, 4) is 0 Å². The molecule has 1 aromatic rings. The van der Waals surface area contributed by atoms with Crippen molar-refractivity contribution in [3.63, 3.8) is 0 Å². The molecule has 2 amide bonds. The number of guanidine groups is 1. The van der Waals surface area contributed by atoms with Crippen molar-refractivity contribution in [2.75, 3.05) is 20.3 Å². The maximum atomic E-state index is 12.6. The number of carbonyl (C=O) groups is 2. The fraction of sp³-hybridized carbons (Fsp3) is 0.700. The highest BCUT2D eigenvalue weighted by atomic mass is 16.5. The molecule has 3 rings (SSSR count). The molecule has 2 aliphatic rings. The van der Waals surface area contributed by atoms with Crippen LogP contribution < -0.4 is 21.3 Å². The Hall–Kier alpha value is -2.61. The first-order valence-corrected chi connectivity index (χ1v) is 14.7. The number of urea groups is 1. The minimum absolute atomic E-state index is 0.218. The Labute approximate surface area is 228 Å². The minimum Gasteiger partial charge on any atom is -0.383 e. The summed E-state index contributed by atoms with van der Waals surface area (Å²) in [6, 6.07) is 7.73. The van der Waals surface area contributed by atoms with E-state index in [0.29, 0.717) is 38.1 Å². The zero-order chi connectivity index (χ0) is 27.1. The first-order chi connectivity index (χ1) is 18.5. The molecule has 1 atom stereocenters. The number of nitrogens with one attached hydrogen (secondary N) is 5. The molecule has 2 fully saturated rings. The highest BCUT2D eigenvalue weighted by Crippen LogP contribution is 2.35. The van der Waals surface area contributed by atoms with E-state index in [-0.39, 0.29) is 12.0 Å². The number of rotatable bonds is 14. The van der Waals surface area contributed by atoms with Crippen LogP contribution in [0.3, 0.4) is 0 Å². The number of hydrogen-bond donors (Lipinski definition) is 5. The Kier molecular flexibility index (Phi) is 12.9. The second-order valence-electron chi connectivity index (χ2n) is 11.3. The lowest BCUT2D eigenvalue weighted by Crippen LogP contribution is -2.54. The van der Waals surface area contributed by atoms with Gasteiger partial charge in [0.2, 0.25) is 0 Å². The summed E-state index contributed by atoms with van der Waals surface area (Å²) in [7, 11) is 1.60. The van der Waals surface area contributed by atoms with Crippen molar-refractivity contribution in [2.24, 2.45) is 11.8 Å². The molecule has 0 unspecified atom stereocenters. The quantitative estimate of drug-likeness (QED) is 0.101. The summed E-state index contributed by atoms with van der Waals surface area (Å²) >= 11 is 0. The maximum absolute atomic E-state index is 12.6. The predicted octanol–water partition coefficient (Wildman–Crippen LogP) is 5.01. The van der Waals surface area contributed by atoms with Crippen LogP contribution >= 0.6 is 0 Å². The molecule has 212 valence electrons. The van der Waals surface area contributed by atoms with Gasteiger partial charge < -0.3 is 30.8 Å². The van der Waals surface area contributed by atoms with Crippen molar-refractivity contribution in [1.29, 1.82) is 5.41 Å². The molecule has 5 N–H and O–H groups in total. The van der Waals surface area contributed by atoms with Gasteiger partial charge in [0.1, 0.15) is 6.29 Å². The van der Waals surface area contributed by atoms with Crippen LogP contribution in [0.25, 0.3) is 0 Å². The maximum Gasteiger partial charge on any atom is 0.315 e. The molecule has 8 heteroatoms. The van der Waals surface area contributed by atoms with Gasteiger partial charge in [0.25, 0.3) is 0 Å². The highest BCUT2D eigenvalue weighted by Gasteiger charge is 2.35. The normalized spacial score (nSPS) is 18.2. The van der Waals surface area contributed by atoms with Gasteiger partial charge in [-0.3, -0.25) is 5.41 Å². The van der Waals surface area contributed by atoms with Crippen LogP contribution in [0.2, 0.25) is 0 Å². The van der Waals surface area contributed by atoms with Crippen LogP contribution in [0.15, 0.2) is 24.3 Å². The van der Waals surface area contributed by atoms with E-state index in [0.717, 1.165) is 36.7 Å². The van der Waals surface area contributed by atoms with Crippen molar-refractivity contribution in [1.82, 2.24) is 21.3 Å². The minimum atomic E-state index is -0.664. The third-order valence-corrected chi connectivity index (χ3v) is 8.24. The molecule has 1 aromatic carbocycles. The van der Waals surface area contributed by atoms with Gasteiger partial charge >= 0.3 is 6.03 Å². The van der Waals surface area contributed by atoms with E-state index >= 15 is 0 Å². The summed E-state index contributed by atoms with van der Waals surface area (Å²) in [6.07, 6.45) is 16.5. The van der Waals surface area contributed by atoms with Crippen molar-refractivity contribution >= 4 is 18.3 Å². The zero-order valence-corrected chi connectivity index (χ0v) is 23.3. The van der Waals surface area contributed by atoms with Crippen LogP contribution in [-0.4, -0.2) is 44.1 Å². The van der Waals surface area contributed by atoms with Crippen LogP contribution in [-0.2, 0) is 22.6 Å². The molecule has 38 heavy (non-hydrogen) atoms. The molecule has 8 nitrogen and oxygen atoms in total. The Balaban J connectivity index is 1.49. The fourth-order valence-corrected chi connectivity index (χ4v) is 5.97. The lowest BCUT2D eigenvalue weighted by atomic mass is 9.75. The number of aldehydes is 1. The summed E-state index contributed by atoms with van der Waals surface area (Å²) in [5.41, 5.74) is 1.37. The Bertz CT molecular complexity index is 850. The smallest absolute Gasteiger partial charge is 0.315 e. The monoisotopic (exact) mass is 527 g/mol. The predicted molar refractivity (Wildman–Crippen MR) is 152 cm³/mol. The molecule has 0 aromatic heterocycles. The molecule has 0 heterocycles. The van der Waals surface area contributed by atoms with E-state index in [1.165, 1.54) is 64.2 Å². The van der Waals surface area contributed by atoms with E-state index in [9.17, 15) is 9.59 Å². The standard InChI is InChI=1S/C30H49N5O3/c1-38-19-18-32-29(37)34-22-27-14-12-26(13-15-27)21-33-28(31)35-30(23-36,20-25-10-6-3-7-11-25)17-16-24-8-4-2-5-9-24/h12-15,23-25H,2-11,16-22H2,1H3,(H3,31,33,35)(H2,32,34,37)/t30-/m1/s1. The number of carbonyl (C=O) groups excluding carboxylic acids is 2. The zero-order valence-electron chi connectivity index (χ0n) is 23.3. The number of ether oxygens (including phenoxy) is 1. The fourth-order valence-electron chi connectivity index (χ4n) is 5.97. The molecular weight excluding hydrogens is 478 g/mol. The molecule has 2 aliphatic carbocycles. The third-order valence-electron chi connectivity index (χ3n) is 8.24. The third kappa shape index (κ3) is 10.6. The second-order valence-corrected chi connectivity index (χ2v) is 11.3. The van der Waals surface area contributed by atoms with Crippen molar-refractivity contribution in [3.05, 3.63) is 35.4 Å². The molecule has 2 saturated carbocycles. The molecule has 0 radical (unpaired) electrons. The van der Waals surface area contributed by atoms with Gasteiger partial charge in [-0.1, -0.05) is 88.5 Å². The van der Waals surface area contributed by atoms with E-state index in [1.54, 1.807) is 7.11 Å². The second kappa shape index (κ2) is 16.4. The Morgan fingerprint density at radius 1 is 0.921 bits per heavy atom. The van der Waals surface area contributed by atoms with Gasteiger partial charge in [-0.25, -0.2) is 4.79 Å². The van der Waals surface area contributed by atoms with Crippen LogP contribution in [0.1, 0.15) is 94.6 Å². The highest BCUT2D eigenvalue weighted by molar-refractivity contribution is 5.82. The average Bonchev–Trinajstić information content (AvgIpc) is 2.95. The number of amides is 2. The number of hydrogen-bond acceptors (Lipinski definition) is 4. The molecular formula is C30H49N5O3. The van der Waals surface area contributed by atoms with Gasteiger partial charge in [0.15, 0.2) is 5.96 Å². The van der Waals surface area contributed by atoms with Crippen LogP contribution in [0.4, 0.5) is 4.79 Å². The lowest BCUT2D eigenvalue weighted by molar-refractivity contribution is -0.114. The molecule has 0 bridgehead atoms. The SMILES string of the molecule is COCCNC(=O)NCc1ccc(CNC(=N)N[C@](C=O)(CCC2CCCCC2)CC2CCCCC2)cc1. The lowest BCUT2D eigenvalue weighted by Gasteiger charge is -2.36. The molecule has 0 saturated heterocycles. The van der Waals surface area contributed by atoms with E-state index < -0.39 is 5.54 Å². The van der Waals surface area contributed by atoms with E-state index in [2.05, 4.69) is 21.3 Å². The summed E-state index contributed by atoms with van der Waals surface area (Å²) in [6.45, 7) is 1.89. The summed E-state index contributed by atoms with van der Waals surface area (Å²) in [5, 5.41) is 20.7. The first kappa shape index (κ1) is 29.9. The van der Waals surface area contributed by atoms with Crippen LogP contribution in [0, 0.1) is 17.2 Å². The summed E-state index contributed by atoms with van der Waals surface area (Å²) in [5.74, 6) is 1.49. The largest absolute Gasteiger partial charge is 0.383 e. The Morgan fingerprint density at radius 2 is 1.50 bits per heavy atom. The van der Waals surface area contributed by atoms with Crippen molar-refractivity contribution in [2.45, 2.75) is 102 Å². The summed E-state index contributed by atoms with van der Waals surface area (Å²) in [4.78, 5) is 24.4. The van der Waals surface area contributed by atoms with E-state index in [1.807, 2.05) is 24.3 Å².